The number of nitrogens with one attached hydrogen (secondary N) is 1. The molecule has 0 radical (unpaired) electrons. The summed E-state index contributed by atoms with van der Waals surface area (Å²) in [6.45, 7) is 0. The lowest BCUT2D eigenvalue weighted by Gasteiger charge is -2.05. The lowest BCUT2D eigenvalue weighted by atomic mass is 10.3. The van der Waals surface area contributed by atoms with Crippen LogP contribution in [0, 0.1) is 9.39 Å². The molecule has 0 spiro atoms. The maximum absolute atomic E-state index is 12.9. The third-order valence-electron chi connectivity index (χ3n) is 1.98. The van der Waals surface area contributed by atoms with E-state index in [9.17, 15) is 9.18 Å². The quantitative estimate of drug-likeness (QED) is 0.820. The van der Waals surface area contributed by atoms with Crippen molar-refractivity contribution in [2.45, 2.75) is 0 Å². The van der Waals surface area contributed by atoms with Crippen LogP contribution in [0.1, 0.15) is 10.6 Å². The van der Waals surface area contributed by atoms with Gasteiger partial charge in [-0.3, -0.25) is 4.79 Å². The van der Waals surface area contributed by atoms with Gasteiger partial charge in [0.25, 0.3) is 5.91 Å². The van der Waals surface area contributed by atoms with Crippen molar-refractivity contribution in [2.75, 3.05) is 5.32 Å². The van der Waals surface area contributed by atoms with Gasteiger partial charge in [0, 0.05) is 3.57 Å². The molecule has 3 nitrogen and oxygen atoms in total. The van der Waals surface area contributed by atoms with Gasteiger partial charge in [-0.15, -0.1) is 0 Å². The summed E-state index contributed by atoms with van der Waals surface area (Å²) in [6.07, 6.45) is 0. The fraction of sp³-hybridized carbons (Fsp3) is 0. The molecule has 0 saturated heterocycles. The minimum Gasteiger partial charge on any atom is -0.440 e. The molecule has 2 rings (SSSR count). The van der Waals surface area contributed by atoms with Gasteiger partial charge in [0.05, 0.1) is 5.69 Å². The number of anilines is 1. The molecule has 0 bridgehead atoms. The zero-order valence-electron chi connectivity index (χ0n) is 8.34. The number of carbonyl (C=O) groups is 1. The number of hydrogen-bond donors (Lipinski definition) is 1. The van der Waals surface area contributed by atoms with Gasteiger partial charge in [0.2, 0.25) is 0 Å². The molecule has 1 heterocycles. The Morgan fingerprint density at radius 2 is 2.12 bits per heavy atom. The lowest BCUT2D eigenvalue weighted by molar-refractivity contribution is 0.0996. The van der Waals surface area contributed by atoms with Crippen molar-refractivity contribution in [3.63, 3.8) is 0 Å². The lowest BCUT2D eigenvalue weighted by Crippen LogP contribution is -2.11. The fourth-order valence-corrected chi connectivity index (χ4v) is 1.97. The fourth-order valence-electron chi connectivity index (χ4n) is 1.21. The van der Waals surface area contributed by atoms with E-state index in [1.54, 1.807) is 0 Å². The standard InChI is InChI=1S/C11H6ClFINO2/c12-10-4-3-9(17-10)11(16)15-8-2-1-6(13)5-7(8)14/h1-5H,(H,15,16). The van der Waals surface area contributed by atoms with Crippen LogP contribution >= 0.6 is 34.2 Å². The van der Waals surface area contributed by atoms with E-state index >= 15 is 0 Å². The van der Waals surface area contributed by atoms with Crippen LogP contribution in [0.2, 0.25) is 5.22 Å². The van der Waals surface area contributed by atoms with Gasteiger partial charge in [-0.2, -0.15) is 0 Å². The normalized spacial score (nSPS) is 10.3. The van der Waals surface area contributed by atoms with Crippen molar-refractivity contribution in [3.05, 3.63) is 50.7 Å². The Morgan fingerprint density at radius 3 is 2.71 bits per heavy atom. The highest BCUT2D eigenvalue weighted by molar-refractivity contribution is 14.1. The van der Waals surface area contributed by atoms with E-state index in [2.05, 4.69) is 5.32 Å². The average Bonchev–Trinajstić information content (AvgIpc) is 2.69. The highest BCUT2D eigenvalue weighted by atomic mass is 127. The highest BCUT2D eigenvalue weighted by Crippen LogP contribution is 2.21. The van der Waals surface area contributed by atoms with Crippen LogP contribution < -0.4 is 5.32 Å². The number of furan rings is 1. The summed E-state index contributed by atoms with van der Waals surface area (Å²) >= 11 is 7.49. The van der Waals surface area contributed by atoms with Gasteiger partial charge in [0.15, 0.2) is 11.0 Å². The summed E-state index contributed by atoms with van der Waals surface area (Å²) in [5.74, 6) is -0.676. The number of rotatable bonds is 2. The van der Waals surface area contributed by atoms with E-state index in [0.717, 1.165) is 0 Å². The van der Waals surface area contributed by atoms with Gasteiger partial charge in [-0.05, 0) is 64.5 Å². The molecule has 17 heavy (non-hydrogen) atoms. The van der Waals surface area contributed by atoms with Crippen molar-refractivity contribution >= 4 is 45.8 Å². The summed E-state index contributed by atoms with van der Waals surface area (Å²) in [5.41, 5.74) is 0.518. The third-order valence-corrected chi connectivity index (χ3v) is 3.07. The molecule has 1 amide bonds. The Kier molecular flexibility index (Phi) is 3.68. The van der Waals surface area contributed by atoms with Crippen LogP contribution in [0.25, 0.3) is 0 Å². The summed E-state index contributed by atoms with van der Waals surface area (Å²) in [4.78, 5) is 11.7. The summed E-state index contributed by atoms with van der Waals surface area (Å²) < 4.78 is 18.4. The molecule has 1 aromatic carbocycles. The number of hydrogen-bond acceptors (Lipinski definition) is 2. The average molecular weight is 366 g/mol. The maximum Gasteiger partial charge on any atom is 0.291 e. The topological polar surface area (TPSA) is 42.2 Å². The summed E-state index contributed by atoms with van der Waals surface area (Å²) in [5, 5.41) is 2.74. The van der Waals surface area contributed by atoms with Gasteiger partial charge >= 0.3 is 0 Å². The molecule has 0 saturated carbocycles. The van der Waals surface area contributed by atoms with E-state index in [1.165, 1.54) is 30.3 Å². The molecule has 0 aliphatic carbocycles. The van der Waals surface area contributed by atoms with E-state index in [-0.39, 0.29) is 16.8 Å². The molecule has 0 fully saturated rings. The second kappa shape index (κ2) is 5.05. The first kappa shape index (κ1) is 12.4. The zero-order valence-corrected chi connectivity index (χ0v) is 11.3. The van der Waals surface area contributed by atoms with Crippen LogP contribution in [0.15, 0.2) is 34.7 Å². The van der Waals surface area contributed by atoms with Crippen LogP contribution in [-0.4, -0.2) is 5.91 Å². The van der Waals surface area contributed by atoms with Gasteiger partial charge < -0.3 is 9.73 Å². The van der Waals surface area contributed by atoms with Crippen molar-refractivity contribution in [1.29, 1.82) is 0 Å². The first-order valence-corrected chi connectivity index (χ1v) is 6.03. The largest absolute Gasteiger partial charge is 0.440 e. The molecule has 2 aromatic rings. The number of halogens is 3. The molecular weight excluding hydrogens is 359 g/mol. The monoisotopic (exact) mass is 365 g/mol. The van der Waals surface area contributed by atoms with E-state index in [4.69, 9.17) is 16.0 Å². The Hall–Kier alpha value is -1.08. The van der Waals surface area contributed by atoms with E-state index in [1.807, 2.05) is 22.6 Å². The predicted molar refractivity (Wildman–Crippen MR) is 70.8 cm³/mol. The molecular formula is C11H6ClFINO2. The van der Waals surface area contributed by atoms with Crippen molar-refractivity contribution in [3.8, 4) is 0 Å². The molecule has 1 aromatic heterocycles. The predicted octanol–water partition coefficient (Wildman–Crippen LogP) is 3.93. The first-order chi connectivity index (χ1) is 8.06. The maximum atomic E-state index is 12.9. The minimum atomic E-state index is -0.429. The summed E-state index contributed by atoms with van der Waals surface area (Å²) in [7, 11) is 0. The SMILES string of the molecule is O=C(Nc1ccc(F)cc1I)c1ccc(Cl)o1. The molecule has 88 valence electrons. The van der Waals surface area contributed by atoms with Crippen molar-refractivity contribution < 1.29 is 13.6 Å². The molecule has 0 aliphatic heterocycles. The number of carbonyl (C=O) groups excluding carboxylic acids is 1. The van der Waals surface area contributed by atoms with E-state index < -0.39 is 5.91 Å². The second-order valence-electron chi connectivity index (χ2n) is 3.18. The number of amides is 1. The Labute approximate surface area is 115 Å². The molecule has 6 heteroatoms. The minimum absolute atomic E-state index is 0.107. The second-order valence-corrected chi connectivity index (χ2v) is 4.72. The Morgan fingerprint density at radius 1 is 1.35 bits per heavy atom. The summed E-state index contributed by atoms with van der Waals surface area (Å²) in [6, 6.07) is 7.03. The third kappa shape index (κ3) is 2.98. The van der Waals surface area contributed by atoms with Gasteiger partial charge in [0.1, 0.15) is 5.82 Å². The van der Waals surface area contributed by atoms with Crippen molar-refractivity contribution in [1.82, 2.24) is 0 Å². The van der Waals surface area contributed by atoms with Gasteiger partial charge in [-0.1, -0.05) is 0 Å². The van der Waals surface area contributed by atoms with E-state index in [0.29, 0.717) is 9.26 Å². The van der Waals surface area contributed by atoms with Gasteiger partial charge in [-0.25, -0.2) is 4.39 Å². The van der Waals surface area contributed by atoms with Crippen LogP contribution in [0.3, 0.4) is 0 Å². The highest BCUT2D eigenvalue weighted by Gasteiger charge is 2.12. The molecule has 1 N–H and O–H groups in total. The molecule has 0 unspecified atom stereocenters. The van der Waals surface area contributed by atoms with Crippen molar-refractivity contribution in [2.24, 2.45) is 0 Å². The smallest absolute Gasteiger partial charge is 0.291 e. The first-order valence-electron chi connectivity index (χ1n) is 4.58. The Bertz CT molecular complexity index is 570. The molecule has 0 atom stereocenters. The van der Waals surface area contributed by atoms with Crippen LogP contribution in [0.4, 0.5) is 10.1 Å². The molecule has 0 aliphatic rings. The number of benzene rings is 1. The van der Waals surface area contributed by atoms with Crippen LogP contribution in [-0.2, 0) is 0 Å². The van der Waals surface area contributed by atoms with Crippen LogP contribution in [0.5, 0.6) is 0 Å². The Balaban J connectivity index is 2.18. The zero-order chi connectivity index (χ0) is 12.4.